The number of primary amides is 1. The van der Waals surface area contributed by atoms with E-state index in [1.54, 1.807) is 0 Å². The van der Waals surface area contributed by atoms with Gasteiger partial charge >= 0.3 is 6.18 Å². The minimum Gasteiger partial charge on any atom is -0.496 e. The molecule has 0 spiro atoms. The molecule has 6 rings (SSSR count). The Morgan fingerprint density at radius 2 is 1.67 bits per heavy atom. The fourth-order valence-electron chi connectivity index (χ4n) is 6.68. The van der Waals surface area contributed by atoms with Gasteiger partial charge in [0.15, 0.2) is 0 Å². The highest BCUT2D eigenvalue weighted by Crippen LogP contribution is 2.44. The number of carbonyl (C=O) groups excluding carboxylic acids is 2. The van der Waals surface area contributed by atoms with Crippen molar-refractivity contribution in [3.8, 4) is 5.75 Å². The van der Waals surface area contributed by atoms with Gasteiger partial charge in [0.05, 0.1) is 25.1 Å². The van der Waals surface area contributed by atoms with E-state index in [4.69, 9.17) is 10.5 Å². The van der Waals surface area contributed by atoms with Crippen molar-refractivity contribution in [3.63, 3.8) is 0 Å². The summed E-state index contributed by atoms with van der Waals surface area (Å²) in [6.07, 6.45) is -3.77. The van der Waals surface area contributed by atoms with Crippen LogP contribution in [0, 0.1) is 11.8 Å². The number of nitrogens with zero attached hydrogens (tertiary/aromatic N) is 1. The number of nitrogens with two attached hydrogens (primary N) is 1. The van der Waals surface area contributed by atoms with Crippen molar-refractivity contribution < 1.29 is 27.5 Å². The number of hydrogen-bond donors (Lipinski definition) is 3. The third kappa shape index (κ3) is 6.29. The molecule has 3 aromatic rings. The lowest BCUT2D eigenvalue weighted by Gasteiger charge is -2.56. The Kier molecular flexibility index (Phi) is 8.84. The molecular weight excluding hydrogens is 545 g/mol. The summed E-state index contributed by atoms with van der Waals surface area (Å²) >= 11 is 0. The molecule has 5 atom stereocenters. The molecule has 10 heteroatoms. The molecule has 0 aromatic heterocycles. The summed E-state index contributed by atoms with van der Waals surface area (Å²) in [5.74, 6) is -1.12. The van der Waals surface area contributed by atoms with Crippen molar-refractivity contribution in [2.75, 3.05) is 26.7 Å². The SMILES string of the molecule is COc1ccc(C(F)(F)F)cc1CNC1C2CCN(CC2C(=O)NCC(N)=O)C1C(c1ccccc1)c1ccccc1. The number of methoxy groups -OCH3 is 1. The average Bonchev–Trinajstić information content (AvgIpc) is 3.00. The Morgan fingerprint density at radius 3 is 2.24 bits per heavy atom. The van der Waals surface area contributed by atoms with E-state index in [-0.39, 0.29) is 42.9 Å². The van der Waals surface area contributed by atoms with E-state index in [9.17, 15) is 22.8 Å². The lowest BCUT2D eigenvalue weighted by molar-refractivity contribution is -0.138. The Labute approximate surface area is 243 Å². The number of rotatable bonds is 10. The quantitative estimate of drug-likeness (QED) is 0.338. The molecule has 0 radical (unpaired) electrons. The zero-order chi connectivity index (χ0) is 29.9. The maximum absolute atomic E-state index is 13.6. The molecule has 0 saturated carbocycles. The first-order valence-corrected chi connectivity index (χ1v) is 14.0. The van der Waals surface area contributed by atoms with Gasteiger partial charge in [-0.05, 0) is 48.2 Å². The first-order chi connectivity index (χ1) is 20.2. The predicted octanol–water partition coefficient (Wildman–Crippen LogP) is 3.93. The number of halogens is 3. The molecule has 3 fully saturated rings. The first kappa shape index (κ1) is 29.6. The second-order valence-electron chi connectivity index (χ2n) is 11.0. The number of amides is 2. The monoisotopic (exact) mass is 580 g/mol. The van der Waals surface area contributed by atoms with Gasteiger partial charge in [-0.3, -0.25) is 14.5 Å². The molecule has 42 heavy (non-hydrogen) atoms. The normalized spacial score (nSPS) is 23.5. The molecular formula is C32H35F3N4O3. The van der Waals surface area contributed by atoms with Crippen LogP contribution in [0.4, 0.5) is 13.2 Å². The number of piperidine rings is 3. The molecule has 2 bridgehead atoms. The van der Waals surface area contributed by atoms with Gasteiger partial charge in [-0.2, -0.15) is 13.2 Å². The van der Waals surface area contributed by atoms with Crippen molar-refractivity contribution in [2.45, 2.75) is 37.1 Å². The van der Waals surface area contributed by atoms with Crippen LogP contribution in [0.3, 0.4) is 0 Å². The molecule has 3 aliphatic heterocycles. The number of benzene rings is 3. The Morgan fingerprint density at radius 1 is 1.02 bits per heavy atom. The molecule has 3 aliphatic rings. The van der Waals surface area contributed by atoms with E-state index in [0.717, 1.165) is 36.2 Å². The van der Waals surface area contributed by atoms with Crippen molar-refractivity contribution in [3.05, 3.63) is 101 Å². The van der Waals surface area contributed by atoms with Gasteiger partial charge in [0.1, 0.15) is 5.75 Å². The smallest absolute Gasteiger partial charge is 0.416 e. The maximum atomic E-state index is 13.6. The Balaban J connectivity index is 1.53. The lowest BCUT2D eigenvalue weighted by Crippen LogP contribution is -2.69. The third-order valence-corrected chi connectivity index (χ3v) is 8.52. The molecule has 3 saturated heterocycles. The van der Waals surface area contributed by atoms with Crippen LogP contribution in [0.5, 0.6) is 5.75 Å². The zero-order valence-electron chi connectivity index (χ0n) is 23.3. The van der Waals surface area contributed by atoms with Crippen molar-refractivity contribution >= 4 is 11.8 Å². The number of hydrogen-bond acceptors (Lipinski definition) is 5. The van der Waals surface area contributed by atoms with Gasteiger partial charge in [0, 0.05) is 36.7 Å². The Bertz CT molecular complexity index is 1350. The minimum absolute atomic E-state index is 0.0641. The van der Waals surface area contributed by atoms with Crippen molar-refractivity contribution in [1.29, 1.82) is 0 Å². The minimum atomic E-state index is -4.49. The van der Waals surface area contributed by atoms with E-state index >= 15 is 0 Å². The van der Waals surface area contributed by atoms with Gasteiger partial charge in [-0.15, -0.1) is 0 Å². The summed E-state index contributed by atoms with van der Waals surface area (Å²) in [5.41, 5.74) is 7.13. The summed E-state index contributed by atoms with van der Waals surface area (Å²) in [7, 11) is 1.43. The van der Waals surface area contributed by atoms with Gasteiger partial charge < -0.3 is 21.1 Å². The zero-order valence-corrected chi connectivity index (χ0v) is 23.3. The van der Waals surface area contributed by atoms with Crippen LogP contribution in [-0.4, -0.2) is 55.5 Å². The highest BCUT2D eigenvalue weighted by molar-refractivity contribution is 5.85. The number of ether oxygens (including phenoxy) is 1. The van der Waals surface area contributed by atoms with E-state index < -0.39 is 23.6 Å². The van der Waals surface area contributed by atoms with Crippen molar-refractivity contribution in [2.24, 2.45) is 17.6 Å². The van der Waals surface area contributed by atoms with E-state index in [1.165, 1.54) is 13.2 Å². The summed E-state index contributed by atoms with van der Waals surface area (Å²) in [6, 6.07) is 23.4. The lowest BCUT2D eigenvalue weighted by atomic mass is 9.66. The summed E-state index contributed by atoms with van der Waals surface area (Å²) < 4.78 is 46.2. The largest absolute Gasteiger partial charge is 0.496 e. The number of alkyl halides is 3. The Hall–Kier alpha value is -3.89. The van der Waals surface area contributed by atoms with Crippen LogP contribution in [-0.2, 0) is 22.3 Å². The third-order valence-electron chi connectivity index (χ3n) is 8.52. The molecule has 5 unspecified atom stereocenters. The van der Waals surface area contributed by atoms with Gasteiger partial charge in [0.25, 0.3) is 0 Å². The fourth-order valence-corrected chi connectivity index (χ4v) is 6.68. The van der Waals surface area contributed by atoms with Crippen LogP contribution in [0.2, 0.25) is 0 Å². The molecule has 3 heterocycles. The van der Waals surface area contributed by atoms with Crippen LogP contribution in [0.1, 0.15) is 34.6 Å². The van der Waals surface area contributed by atoms with Crippen LogP contribution in [0.15, 0.2) is 78.9 Å². The maximum Gasteiger partial charge on any atom is 0.416 e. The topological polar surface area (TPSA) is 96.7 Å². The molecule has 222 valence electrons. The predicted molar refractivity (Wildman–Crippen MR) is 153 cm³/mol. The van der Waals surface area contributed by atoms with Gasteiger partial charge in [-0.25, -0.2) is 0 Å². The number of carbonyl (C=O) groups is 2. The summed E-state index contributed by atoms with van der Waals surface area (Å²) in [6.45, 7) is 1.14. The van der Waals surface area contributed by atoms with Gasteiger partial charge in [0.2, 0.25) is 11.8 Å². The summed E-state index contributed by atoms with van der Waals surface area (Å²) in [4.78, 5) is 26.9. The second-order valence-corrected chi connectivity index (χ2v) is 11.0. The van der Waals surface area contributed by atoms with Crippen molar-refractivity contribution in [1.82, 2.24) is 15.5 Å². The van der Waals surface area contributed by atoms with Gasteiger partial charge in [-0.1, -0.05) is 60.7 Å². The molecule has 2 amide bonds. The van der Waals surface area contributed by atoms with Crippen LogP contribution in [0.25, 0.3) is 0 Å². The standard InChI is InChI=1S/C32H35F3N4O3/c1-42-26-13-12-23(32(33,34)35)16-22(26)17-37-29-24-14-15-39(19-25(24)31(41)38-18-27(36)40)30(29)28(20-8-4-2-5-9-20)21-10-6-3-7-11-21/h2-13,16,24-25,28-30,37H,14-15,17-19H2,1H3,(H2,36,40)(H,38,41). The highest BCUT2D eigenvalue weighted by Gasteiger charge is 2.52. The molecule has 7 nitrogen and oxygen atoms in total. The fraction of sp³-hybridized carbons (Fsp3) is 0.375. The molecule has 0 aliphatic carbocycles. The van der Waals surface area contributed by atoms with E-state index in [1.807, 2.05) is 36.4 Å². The van der Waals surface area contributed by atoms with E-state index in [0.29, 0.717) is 17.9 Å². The molecule has 3 aromatic carbocycles. The van der Waals surface area contributed by atoms with E-state index in [2.05, 4.69) is 39.8 Å². The number of nitrogens with one attached hydrogen (secondary N) is 2. The first-order valence-electron chi connectivity index (χ1n) is 14.0. The average molecular weight is 581 g/mol. The van der Waals surface area contributed by atoms with Crippen LogP contribution >= 0.6 is 0 Å². The van der Waals surface area contributed by atoms with Crippen LogP contribution < -0.4 is 21.1 Å². The molecule has 4 N–H and O–H groups in total. The highest BCUT2D eigenvalue weighted by atomic mass is 19.4. The second kappa shape index (κ2) is 12.5. The summed E-state index contributed by atoms with van der Waals surface area (Å²) in [5, 5.41) is 6.25. The number of fused-ring (bicyclic) bond motifs is 3.